The Morgan fingerprint density at radius 3 is 2.77 bits per heavy atom. The maximum Gasteiger partial charge on any atom is 0.334 e. The molecule has 4 rings (SSSR count). The van der Waals surface area contributed by atoms with Crippen LogP contribution in [0.15, 0.2) is 48.1 Å². The molecule has 1 heterocycles. The summed E-state index contributed by atoms with van der Waals surface area (Å²) in [7, 11) is 0. The zero-order valence-electron chi connectivity index (χ0n) is 17.5. The van der Waals surface area contributed by atoms with E-state index in [0.717, 1.165) is 49.4 Å². The average molecular weight is 434 g/mol. The average Bonchev–Trinajstić information content (AvgIpc) is 3.55. The van der Waals surface area contributed by atoms with E-state index in [0.29, 0.717) is 0 Å². The van der Waals surface area contributed by atoms with Gasteiger partial charge in [0.05, 0.1) is 11.7 Å². The molecule has 1 aromatic carbocycles. The summed E-state index contributed by atoms with van der Waals surface area (Å²) in [5.41, 5.74) is -0.0898. The number of carboxylic acid groups (broad SMARTS) is 1. The molecule has 3 unspecified atom stereocenters. The molecule has 0 bridgehead atoms. The number of rotatable bonds is 6. The van der Waals surface area contributed by atoms with Gasteiger partial charge in [0, 0.05) is 17.1 Å². The van der Waals surface area contributed by atoms with Gasteiger partial charge in [-0.3, -0.25) is 4.90 Å². The topological polar surface area (TPSA) is 49.8 Å². The summed E-state index contributed by atoms with van der Waals surface area (Å²) in [6.07, 6.45) is 6.82. The number of hydrogen-bond acceptors (Lipinski definition) is 3. The Bertz CT molecular complexity index is 879. The molecule has 2 fully saturated rings. The van der Waals surface area contributed by atoms with Gasteiger partial charge in [0.1, 0.15) is 5.60 Å². The molecule has 1 aromatic rings. The van der Waals surface area contributed by atoms with E-state index < -0.39 is 17.7 Å². The molecule has 30 heavy (non-hydrogen) atoms. The molecule has 0 aromatic heterocycles. The summed E-state index contributed by atoms with van der Waals surface area (Å²) >= 11 is 6.22. The molecule has 0 radical (unpaired) electrons. The molecule has 1 aliphatic heterocycles. The van der Waals surface area contributed by atoms with E-state index in [9.17, 15) is 14.3 Å². The van der Waals surface area contributed by atoms with Crippen LogP contribution in [-0.4, -0.2) is 46.9 Å². The fraction of sp³-hybridized carbons (Fsp3) is 0.542. The van der Waals surface area contributed by atoms with Gasteiger partial charge in [-0.15, -0.1) is 0 Å². The highest BCUT2D eigenvalue weighted by Crippen LogP contribution is 2.47. The molecule has 1 saturated carbocycles. The zero-order valence-corrected chi connectivity index (χ0v) is 18.2. The predicted octanol–water partition coefficient (Wildman–Crippen LogP) is 5.12. The van der Waals surface area contributed by atoms with Crippen molar-refractivity contribution in [2.24, 2.45) is 5.92 Å². The number of nitrogens with zero attached hydrogens (tertiary/aromatic N) is 1. The van der Waals surface area contributed by atoms with E-state index in [4.69, 9.17) is 16.3 Å². The minimum atomic E-state index is -1.58. The first kappa shape index (κ1) is 21.5. The lowest BCUT2D eigenvalue weighted by Crippen LogP contribution is -2.51. The molecule has 1 N–H and O–H groups in total. The number of likely N-dealkylation sites (tertiary alicyclic amines) is 1. The van der Waals surface area contributed by atoms with Gasteiger partial charge in [-0.25, -0.2) is 9.18 Å². The van der Waals surface area contributed by atoms with Gasteiger partial charge in [-0.1, -0.05) is 23.7 Å². The van der Waals surface area contributed by atoms with Gasteiger partial charge in [0.15, 0.2) is 6.17 Å². The fourth-order valence-electron chi connectivity index (χ4n) is 4.73. The van der Waals surface area contributed by atoms with Crippen molar-refractivity contribution in [3.63, 3.8) is 0 Å². The van der Waals surface area contributed by atoms with Crippen molar-refractivity contribution in [2.75, 3.05) is 13.1 Å². The smallest absolute Gasteiger partial charge is 0.334 e. The van der Waals surface area contributed by atoms with E-state index >= 15 is 0 Å². The Morgan fingerprint density at radius 2 is 2.10 bits per heavy atom. The third kappa shape index (κ3) is 4.20. The predicted molar refractivity (Wildman–Crippen MR) is 115 cm³/mol. The van der Waals surface area contributed by atoms with Gasteiger partial charge in [-0.2, -0.15) is 0 Å². The normalized spacial score (nSPS) is 30.2. The first-order chi connectivity index (χ1) is 14.2. The van der Waals surface area contributed by atoms with Crippen molar-refractivity contribution in [1.82, 2.24) is 4.90 Å². The monoisotopic (exact) mass is 433 g/mol. The summed E-state index contributed by atoms with van der Waals surface area (Å²) in [4.78, 5) is 13.9. The number of benzene rings is 1. The van der Waals surface area contributed by atoms with Crippen molar-refractivity contribution in [3.05, 3.63) is 58.7 Å². The second-order valence-electron chi connectivity index (χ2n) is 9.19. The van der Waals surface area contributed by atoms with Gasteiger partial charge in [0.25, 0.3) is 0 Å². The van der Waals surface area contributed by atoms with Crippen LogP contribution < -0.4 is 0 Å². The molecular formula is C24H29ClFNO3. The minimum Gasteiger partial charge on any atom is -0.478 e. The molecule has 3 aliphatic rings. The molecule has 4 nitrogen and oxygen atoms in total. The summed E-state index contributed by atoms with van der Waals surface area (Å²) in [5, 5.41) is 10.1. The van der Waals surface area contributed by atoms with Crippen molar-refractivity contribution in [2.45, 2.75) is 62.9 Å². The van der Waals surface area contributed by atoms with Crippen LogP contribution in [-0.2, 0) is 15.1 Å². The number of halogens is 2. The number of carboxylic acids is 1. The minimum absolute atomic E-state index is 0.0510. The van der Waals surface area contributed by atoms with Gasteiger partial charge in [0.2, 0.25) is 0 Å². The Morgan fingerprint density at radius 1 is 1.33 bits per heavy atom. The van der Waals surface area contributed by atoms with Gasteiger partial charge in [-0.05, 0) is 87.9 Å². The first-order valence-corrected chi connectivity index (χ1v) is 11.1. The van der Waals surface area contributed by atoms with Gasteiger partial charge < -0.3 is 9.84 Å². The van der Waals surface area contributed by atoms with E-state index in [1.54, 1.807) is 6.08 Å². The largest absolute Gasteiger partial charge is 0.478 e. The highest BCUT2D eigenvalue weighted by Gasteiger charge is 2.48. The summed E-state index contributed by atoms with van der Waals surface area (Å²) in [6.45, 7) is 6.06. The maximum absolute atomic E-state index is 14.1. The number of carbonyl (C=O) groups is 1. The van der Waals surface area contributed by atoms with Crippen molar-refractivity contribution >= 4 is 17.6 Å². The molecular weight excluding hydrogens is 405 g/mol. The Balaban J connectivity index is 1.54. The number of ether oxygens (including phenoxy) is 1. The lowest BCUT2D eigenvalue weighted by Gasteiger charge is -2.46. The number of piperidine rings is 1. The van der Waals surface area contributed by atoms with Crippen molar-refractivity contribution < 1.29 is 19.0 Å². The quantitative estimate of drug-likeness (QED) is 0.632. The molecule has 6 heteroatoms. The Kier molecular flexibility index (Phi) is 5.82. The Hall–Kier alpha value is -1.69. The molecule has 0 amide bonds. The number of aliphatic carboxylic acids is 1. The summed E-state index contributed by atoms with van der Waals surface area (Å²) in [6, 6.07) is 7.94. The number of hydrogen-bond donors (Lipinski definition) is 1. The zero-order chi connectivity index (χ0) is 21.5. The fourth-order valence-corrected chi connectivity index (χ4v) is 4.92. The van der Waals surface area contributed by atoms with E-state index in [1.807, 2.05) is 18.2 Å². The first-order valence-electron chi connectivity index (χ1n) is 10.7. The second-order valence-corrected chi connectivity index (χ2v) is 9.63. The van der Waals surface area contributed by atoms with Gasteiger partial charge >= 0.3 is 5.97 Å². The van der Waals surface area contributed by atoms with Crippen LogP contribution >= 0.6 is 11.6 Å². The molecule has 2 aliphatic carbocycles. The Labute approximate surface area is 182 Å². The third-order valence-corrected chi connectivity index (χ3v) is 6.97. The molecule has 0 spiro atoms. The second kappa shape index (κ2) is 8.10. The van der Waals surface area contributed by atoms with Crippen molar-refractivity contribution in [1.29, 1.82) is 0 Å². The van der Waals surface area contributed by atoms with E-state index in [1.165, 1.54) is 12.2 Å². The van der Waals surface area contributed by atoms with E-state index in [-0.39, 0.29) is 23.1 Å². The van der Waals surface area contributed by atoms with Crippen LogP contribution in [0.5, 0.6) is 0 Å². The standard InChI is InChI=1S/C24H29ClFNO3/c1-23(2,17-5-3-6-18(25)13-17)27-12-4-7-19(15-27)30-24(16-8-9-16)11-10-21(26)20(14-24)22(28)29/h3,5-6,10-11,13-14,16,19,21H,4,7-9,12,15H2,1-2H3,(H,28,29). The van der Waals surface area contributed by atoms with Crippen LogP contribution in [0.25, 0.3) is 0 Å². The number of allylic oxidation sites excluding steroid dienone is 1. The summed E-state index contributed by atoms with van der Waals surface area (Å²) < 4.78 is 20.7. The highest BCUT2D eigenvalue weighted by atomic mass is 35.5. The maximum atomic E-state index is 14.1. The van der Waals surface area contributed by atoms with Crippen LogP contribution in [0.4, 0.5) is 4.39 Å². The SMILES string of the molecule is CC(C)(c1cccc(Cl)c1)N1CCCC(OC2(C3CC3)C=CC(F)C(C(=O)O)=C2)C1. The van der Waals surface area contributed by atoms with Crippen LogP contribution in [0.3, 0.4) is 0 Å². The highest BCUT2D eigenvalue weighted by molar-refractivity contribution is 6.30. The van der Waals surface area contributed by atoms with E-state index in [2.05, 4.69) is 24.8 Å². The molecule has 1 saturated heterocycles. The lowest BCUT2D eigenvalue weighted by atomic mass is 9.86. The third-order valence-electron chi connectivity index (χ3n) is 6.74. The number of alkyl halides is 1. The van der Waals surface area contributed by atoms with Crippen LogP contribution in [0.2, 0.25) is 5.02 Å². The van der Waals surface area contributed by atoms with Crippen LogP contribution in [0, 0.1) is 5.92 Å². The lowest BCUT2D eigenvalue weighted by molar-refractivity contribution is -0.133. The molecule has 162 valence electrons. The summed E-state index contributed by atoms with van der Waals surface area (Å²) in [5.74, 6) is -1.00. The van der Waals surface area contributed by atoms with Crippen LogP contribution in [0.1, 0.15) is 45.1 Å². The molecule has 3 atom stereocenters. The van der Waals surface area contributed by atoms with Crippen molar-refractivity contribution in [3.8, 4) is 0 Å².